The molecule has 1 unspecified atom stereocenters. The molecule has 1 heterocycles. The van der Waals surface area contributed by atoms with E-state index in [-0.39, 0.29) is 5.82 Å². The predicted octanol–water partition coefficient (Wildman–Crippen LogP) is 3.08. The van der Waals surface area contributed by atoms with Crippen molar-refractivity contribution in [1.82, 2.24) is 0 Å². The smallest absolute Gasteiger partial charge is 0.125 e. The van der Waals surface area contributed by atoms with E-state index >= 15 is 0 Å². The summed E-state index contributed by atoms with van der Waals surface area (Å²) in [5.74, 6) is 0.465. The summed E-state index contributed by atoms with van der Waals surface area (Å²) in [7, 11) is 0. The fourth-order valence-corrected chi connectivity index (χ4v) is 2.01. The van der Waals surface area contributed by atoms with Crippen LogP contribution in [-0.4, -0.2) is 12.6 Å². The molecule has 1 aliphatic heterocycles. The standard InChI is InChI=1S/C12H17FN2/c1-8(2)5-10-7-14-11-4-3-9(13)6-12(11)15-10/h3-4,6,8,10,14-15H,5,7H2,1-2H3. The first-order chi connectivity index (χ1) is 7.15. The van der Waals surface area contributed by atoms with Crippen molar-refractivity contribution in [1.29, 1.82) is 0 Å². The maximum absolute atomic E-state index is 13.0. The second-order valence-corrected chi connectivity index (χ2v) is 4.54. The minimum absolute atomic E-state index is 0.187. The van der Waals surface area contributed by atoms with Crippen LogP contribution in [0.25, 0.3) is 0 Å². The Morgan fingerprint density at radius 3 is 2.93 bits per heavy atom. The van der Waals surface area contributed by atoms with E-state index < -0.39 is 0 Å². The van der Waals surface area contributed by atoms with Gasteiger partial charge in [-0.05, 0) is 30.5 Å². The maximum atomic E-state index is 13.0. The van der Waals surface area contributed by atoms with Gasteiger partial charge in [-0.2, -0.15) is 0 Å². The average Bonchev–Trinajstić information content (AvgIpc) is 2.16. The third-order valence-electron chi connectivity index (χ3n) is 2.64. The van der Waals surface area contributed by atoms with Crippen molar-refractivity contribution >= 4 is 11.4 Å². The van der Waals surface area contributed by atoms with Crippen molar-refractivity contribution in [2.75, 3.05) is 17.2 Å². The van der Waals surface area contributed by atoms with Crippen LogP contribution in [-0.2, 0) is 0 Å². The van der Waals surface area contributed by atoms with E-state index in [1.165, 1.54) is 6.07 Å². The van der Waals surface area contributed by atoms with E-state index in [9.17, 15) is 4.39 Å². The Balaban J connectivity index is 2.11. The van der Waals surface area contributed by atoms with Crippen LogP contribution in [0.4, 0.5) is 15.8 Å². The van der Waals surface area contributed by atoms with Gasteiger partial charge >= 0.3 is 0 Å². The number of halogens is 1. The van der Waals surface area contributed by atoms with Gasteiger partial charge in [0.05, 0.1) is 11.4 Å². The lowest BCUT2D eigenvalue weighted by molar-refractivity contribution is 0.524. The van der Waals surface area contributed by atoms with Gasteiger partial charge in [0.1, 0.15) is 5.82 Å². The molecule has 82 valence electrons. The van der Waals surface area contributed by atoms with Gasteiger partial charge in [0.15, 0.2) is 0 Å². The Morgan fingerprint density at radius 1 is 1.40 bits per heavy atom. The lowest BCUT2D eigenvalue weighted by atomic mass is 10.0. The second-order valence-electron chi connectivity index (χ2n) is 4.54. The quantitative estimate of drug-likeness (QED) is 0.780. The zero-order valence-electron chi connectivity index (χ0n) is 9.18. The van der Waals surface area contributed by atoms with Crippen LogP contribution in [0.1, 0.15) is 20.3 Å². The van der Waals surface area contributed by atoms with E-state index in [0.717, 1.165) is 24.3 Å². The Bertz CT molecular complexity index is 349. The minimum Gasteiger partial charge on any atom is -0.381 e. The maximum Gasteiger partial charge on any atom is 0.125 e. The molecule has 0 bridgehead atoms. The van der Waals surface area contributed by atoms with Crippen LogP contribution in [0.15, 0.2) is 18.2 Å². The van der Waals surface area contributed by atoms with Gasteiger partial charge < -0.3 is 10.6 Å². The van der Waals surface area contributed by atoms with Crippen LogP contribution in [0.3, 0.4) is 0 Å². The summed E-state index contributed by atoms with van der Waals surface area (Å²) >= 11 is 0. The average molecular weight is 208 g/mol. The van der Waals surface area contributed by atoms with E-state index in [1.807, 2.05) is 0 Å². The highest BCUT2D eigenvalue weighted by Gasteiger charge is 2.18. The number of benzene rings is 1. The molecule has 0 radical (unpaired) electrons. The summed E-state index contributed by atoms with van der Waals surface area (Å²) in [5.41, 5.74) is 1.88. The fraction of sp³-hybridized carbons (Fsp3) is 0.500. The third kappa shape index (κ3) is 2.41. The van der Waals surface area contributed by atoms with Crippen molar-refractivity contribution in [3.8, 4) is 0 Å². The summed E-state index contributed by atoms with van der Waals surface area (Å²) in [5, 5.41) is 6.68. The highest BCUT2D eigenvalue weighted by molar-refractivity contribution is 5.71. The summed E-state index contributed by atoms with van der Waals surface area (Å²) in [6, 6.07) is 5.22. The van der Waals surface area contributed by atoms with Gasteiger partial charge in [0.25, 0.3) is 0 Å². The molecule has 0 spiro atoms. The molecule has 0 saturated carbocycles. The molecule has 2 rings (SSSR count). The molecule has 0 aliphatic carbocycles. The Kier molecular flexibility index (Phi) is 2.80. The number of hydrogen-bond donors (Lipinski definition) is 2. The normalized spacial score (nSPS) is 19.3. The molecule has 0 fully saturated rings. The number of rotatable bonds is 2. The van der Waals surface area contributed by atoms with Gasteiger partial charge in [-0.15, -0.1) is 0 Å². The van der Waals surface area contributed by atoms with Crippen LogP contribution in [0, 0.1) is 11.7 Å². The summed E-state index contributed by atoms with van der Waals surface area (Å²) in [6.45, 7) is 5.31. The van der Waals surface area contributed by atoms with Crippen molar-refractivity contribution in [2.45, 2.75) is 26.3 Å². The SMILES string of the molecule is CC(C)CC1CNc2ccc(F)cc2N1. The molecule has 1 aromatic rings. The van der Waals surface area contributed by atoms with E-state index in [1.54, 1.807) is 12.1 Å². The number of nitrogens with one attached hydrogen (secondary N) is 2. The van der Waals surface area contributed by atoms with E-state index in [2.05, 4.69) is 24.5 Å². The zero-order valence-corrected chi connectivity index (χ0v) is 9.18. The van der Waals surface area contributed by atoms with E-state index in [0.29, 0.717) is 12.0 Å². The van der Waals surface area contributed by atoms with Crippen LogP contribution >= 0.6 is 0 Å². The van der Waals surface area contributed by atoms with Crippen LogP contribution in [0.5, 0.6) is 0 Å². The fourth-order valence-electron chi connectivity index (χ4n) is 2.01. The van der Waals surface area contributed by atoms with Gasteiger partial charge in [-0.1, -0.05) is 13.8 Å². The minimum atomic E-state index is -0.187. The molecular weight excluding hydrogens is 191 g/mol. The molecule has 2 nitrogen and oxygen atoms in total. The lowest BCUT2D eigenvalue weighted by Gasteiger charge is -2.29. The number of hydrogen-bond acceptors (Lipinski definition) is 2. The summed E-state index contributed by atoms with van der Waals surface area (Å²) in [4.78, 5) is 0. The van der Waals surface area contributed by atoms with Crippen molar-refractivity contribution in [3.63, 3.8) is 0 Å². The summed E-state index contributed by atoms with van der Waals surface area (Å²) in [6.07, 6.45) is 1.10. The molecule has 1 aromatic carbocycles. The Labute approximate surface area is 89.9 Å². The van der Waals surface area contributed by atoms with Gasteiger partial charge in [-0.3, -0.25) is 0 Å². The van der Waals surface area contributed by atoms with E-state index in [4.69, 9.17) is 0 Å². The second kappa shape index (κ2) is 4.09. The molecule has 1 atom stereocenters. The molecule has 0 saturated heterocycles. The monoisotopic (exact) mass is 208 g/mol. The molecule has 0 aromatic heterocycles. The Morgan fingerprint density at radius 2 is 2.20 bits per heavy atom. The van der Waals surface area contributed by atoms with Gasteiger partial charge in [-0.25, -0.2) is 4.39 Å². The predicted molar refractivity (Wildman–Crippen MR) is 61.8 cm³/mol. The Hall–Kier alpha value is -1.25. The molecule has 0 amide bonds. The van der Waals surface area contributed by atoms with Gasteiger partial charge in [0, 0.05) is 12.6 Å². The number of fused-ring (bicyclic) bond motifs is 1. The molecule has 2 N–H and O–H groups in total. The van der Waals surface area contributed by atoms with Gasteiger partial charge in [0.2, 0.25) is 0 Å². The molecule has 3 heteroatoms. The largest absolute Gasteiger partial charge is 0.381 e. The van der Waals surface area contributed by atoms with Crippen molar-refractivity contribution < 1.29 is 4.39 Å². The molecular formula is C12H17FN2. The zero-order chi connectivity index (χ0) is 10.8. The highest BCUT2D eigenvalue weighted by atomic mass is 19.1. The molecule has 1 aliphatic rings. The topological polar surface area (TPSA) is 24.1 Å². The number of anilines is 2. The first-order valence-electron chi connectivity index (χ1n) is 5.45. The first-order valence-corrected chi connectivity index (χ1v) is 5.45. The van der Waals surface area contributed by atoms with Crippen LogP contribution in [0.2, 0.25) is 0 Å². The lowest BCUT2D eigenvalue weighted by Crippen LogP contribution is -2.34. The summed E-state index contributed by atoms with van der Waals surface area (Å²) < 4.78 is 13.0. The van der Waals surface area contributed by atoms with Crippen LogP contribution < -0.4 is 10.6 Å². The van der Waals surface area contributed by atoms with Crippen molar-refractivity contribution in [3.05, 3.63) is 24.0 Å². The highest BCUT2D eigenvalue weighted by Crippen LogP contribution is 2.28. The molecule has 15 heavy (non-hydrogen) atoms. The third-order valence-corrected chi connectivity index (χ3v) is 2.64. The first kappa shape index (κ1) is 10.3. The van der Waals surface area contributed by atoms with Crippen molar-refractivity contribution in [2.24, 2.45) is 5.92 Å².